The van der Waals surface area contributed by atoms with Gasteiger partial charge in [-0.05, 0) is 49.9 Å². The topological polar surface area (TPSA) is 289 Å². The molecule has 0 unspecified atom stereocenters. The Kier molecular flexibility index (Phi) is 27.9. The van der Waals surface area contributed by atoms with E-state index < -0.39 is 141 Å². The number of benzene rings is 4. The number of fused-ring (bicyclic) bond motifs is 4. The van der Waals surface area contributed by atoms with Crippen LogP contribution in [0.3, 0.4) is 0 Å². The number of nitrogens with zero attached hydrogens (tertiary/aromatic N) is 5. The monoisotopic (exact) mass is 1550 g/mol. The Morgan fingerprint density at radius 2 is 0.765 bits per heavy atom. The van der Waals surface area contributed by atoms with Crippen LogP contribution >= 0.6 is 0 Å². The third-order valence-corrected chi connectivity index (χ3v) is 18.9. The Morgan fingerprint density at radius 1 is 0.480 bits per heavy atom. The number of nitrogens with two attached hydrogens (primary N) is 1. The molecule has 0 spiro atoms. The third-order valence-electron chi connectivity index (χ3n) is 18.9. The van der Waals surface area contributed by atoms with Gasteiger partial charge in [0.2, 0.25) is 23.6 Å². The minimum Gasteiger partial charge on any atom is -0.467 e. The zero-order chi connectivity index (χ0) is 71.8. The summed E-state index contributed by atoms with van der Waals surface area (Å²) in [5, 5.41) is 9.11. The van der Waals surface area contributed by atoms with Crippen molar-refractivity contribution < 1.29 is 162 Å². The van der Waals surface area contributed by atoms with E-state index in [2.05, 4.69) is 54.9 Å². The number of rotatable bonds is 8. The number of carbonyl (C=O) groups excluding carboxylic acids is 8. The van der Waals surface area contributed by atoms with E-state index in [-0.39, 0.29) is 173 Å². The molecule has 7 saturated heterocycles. The average molecular weight is 1550 g/mol. The normalized spacial score (nSPS) is 28.3. The summed E-state index contributed by atoms with van der Waals surface area (Å²) in [5.74, 6) is -11.9. The van der Waals surface area contributed by atoms with Gasteiger partial charge >= 0.3 is 17.9 Å². The molecule has 4 amide bonds. The number of aldehydes is 1. The van der Waals surface area contributed by atoms with Gasteiger partial charge in [-0.15, -0.1) is 0 Å². The molecule has 0 aliphatic carbocycles. The van der Waals surface area contributed by atoms with Gasteiger partial charge in [0.05, 0.1) is 71.4 Å². The van der Waals surface area contributed by atoms with Crippen molar-refractivity contribution in [3.8, 4) is 0 Å². The fourth-order valence-corrected chi connectivity index (χ4v) is 13.4. The van der Waals surface area contributed by atoms with E-state index in [1.807, 2.05) is 0 Å². The van der Waals surface area contributed by atoms with Crippen LogP contribution in [0.2, 0.25) is 0 Å². The minimum absolute atomic E-state index is 0. The number of hydrogen-bond acceptors (Lipinski definition) is 20. The first-order valence-corrected chi connectivity index (χ1v) is 30.1. The molecule has 4 aromatic rings. The van der Waals surface area contributed by atoms with Crippen LogP contribution in [-0.2, 0) is 149 Å². The van der Waals surface area contributed by atoms with E-state index in [4.69, 9.17) is 24.7 Å². The minimum atomic E-state index is -1.46. The van der Waals surface area contributed by atoms with Gasteiger partial charge in [-0.1, -0.05) is 51.4 Å². The van der Waals surface area contributed by atoms with Crippen molar-refractivity contribution in [2.45, 2.75) is 79.7 Å². The van der Waals surface area contributed by atoms with Crippen molar-refractivity contribution in [2.75, 3.05) is 75.9 Å². The standard InChI is InChI=1S/2C17H18F2N2O4.C16H17F2N3O4.C16H16F2N2O3.CH4.3V/c2*1-9-20-17(11-5-4-10(18)6-13(11)19)8-25-14(16(23)24-3)7-12(17)15(22)21(9)2;1-21-13(22)10-6-12(14(23)24-2)25-7-16(10,20-15(21)19)9-4-3-8(17)5-11(9)18;1-9-19-16(12-4-3-10(17)5-14(12)18)8-23-11(7-21)6-13(16)15(22)20(9)2;;;;/h2*4-6,12,14,20H,1,7-8H2,2-3H3;3-5,10,12H,6-7H2,1-2H3,(H2,19,20);3-5,7,11,13,19H,1,6,8H2,2H3;1H4;;;/t12-,14+,17+;12-,14-,17+;10-,12-,16+;11-,13+,16-;;;;/m0001..../s1. The molecule has 0 aromatic heterocycles. The number of guanidine groups is 1. The number of hydrogen-bond donors (Lipinski definition) is 4. The summed E-state index contributed by atoms with van der Waals surface area (Å²) in [6.45, 7) is 10.6. The smallest absolute Gasteiger partial charge is 0.334 e. The third kappa shape index (κ3) is 15.7. The molecule has 8 aliphatic heterocycles. The van der Waals surface area contributed by atoms with Gasteiger partial charge in [-0.2, -0.15) is 0 Å². The first-order chi connectivity index (χ1) is 46.3. The second-order valence-corrected chi connectivity index (χ2v) is 24.2. The summed E-state index contributed by atoms with van der Waals surface area (Å²) in [6, 6.07) is 12.5. The van der Waals surface area contributed by atoms with Crippen LogP contribution in [-0.4, -0.2) is 174 Å². The molecule has 102 heavy (non-hydrogen) atoms. The Morgan fingerprint density at radius 3 is 1.08 bits per heavy atom. The van der Waals surface area contributed by atoms with Crippen molar-refractivity contribution in [1.82, 2.24) is 35.6 Å². The van der Waals surface area contributed by atoms with Gasteiger partial charge in [0.1, 0.15) is 98.5 Å². The molecular weight excluding hydrogens is 1480 g/mol. The number of nitrogens with one attached hydrogen (secondary N) is 3. The molecule has 4 aromatic carbocycles. The van der Waals surface area contributed by atoms with Gasteiger partial charge < -0.3 is 74.3 Å². The number of esters is 3. The molecular formula is C67H73F8N9O15V3. The van der Waals surface area contributed by atoms with Crippen molar-refractivity contribution in [3.05, 3.63) is 179 Å². The average Bonchev–Trinajstić information content (AvgIpc) is 0.753. The Labute approximate surface area is 617 Å². The van der Waals surface area contributed by atoms with Crippen molar-refractivity contribution in [2.24, 2.45) is 34.4 Å². The zero-order valence-corrected chi connectivity index (χ0v) is 59.4. The fraction of sp³-hybridized carbons (Fsp3) is 0.418. The maximum atomic E-state index is 14.5. The molecule has 12 atom stereocenters. The second kappa shape index (κ2) is 33.6. The van der Waals surface area contributed by atoms with Crippen molar-refractivity contribution >= 4 is 53.8 Å². The molecule has 12 rings (SSSR count). The summed E-state index contributed by atoms with van der Waals surface area (Å²) in [7, 11) is 9.71. The quantitative estimate of drug-likeness (QED) is 0.0782. The molecule has 8 aliphatic rings. The van der Waals surface area contributed by atoms with Gasteiger partial charge in [-0.3, -0.25) is 24.1 Å². The number of carbonyl (C=O) groups is 8. The molecule has 0 bridgehead atoms. The summed E-state index contributed by atoms with van der Waals surface area (Å²) >= 11 is 0. The van der Waals surface area contributed by atoms with Crippen LogP contribution in [0.4, 0.5) is 35.1 Å². The SMILES string of the molecule is C.C=C1N[C@@]2(c3ccc(F)cc3F)CO[C@@H](C(=O)OC)C[C@H]2C(=O)N1C.C=C1N[C@@]2(c3ccc(F)cc3F)CO[C@@H](C=O)C[C@H]2C(=O)N1C.C=C1N[C@@]2(c3ccc(F)cc3F)CO[C@H](C(=O)OC)C[C@H]2C(=O)N1C.COC(=O)[C@@H]1C[C@H]2C(=O)N(C)C(N)=N[C@@]2(c2ccc(F)cc2F)CO1.[V].[V].[V]. The Bertz CT molecular complexity index is 3860. The van der Waals surface area contributed by atoms with E-state index in [0.29, 0.717) is 18.2 Å². The number of ether oxygens (including phenoxy) is 7. The van der Waals surface area contributed by atoms with Crippen molar-refractivity contribution in [3.63, 3.8) is 0 Å². The van der Waals surface area contributed by atoms with Crippen LogP contribution in [0.5, 0.6) is 0 Å². The molecule has 547 valence electrons. The first-order valence-electron chi connectivity index (χ1n) is 30.1. The summed E-state index contributed by atoms with van der Waals surface area (Å²) < 4.78 is 147. The zero-order valence-electron chi connectivity index (χ0n) is 55.2. The Hall–Kier alpha value is -8.04. The predicted molar refractivity (Wildman–Crippen MR) is 332 cm³/mol. The van der Waals surface area contributed by atoms with Crippen molar-refractivity contribution in [1.29, 1.82) is 0 Å². The largest absolute Gasteiger partial charge is 0.467 e. The maximum absolute atomic E-state index is 14.5. The van der Waals surface area contributed by atoms with E-state index in [0.717, 1.165) is 47.4 Å². The fourth-order valence-electron chi connectivity index (χ4n) is 13.4. The van der Waals surface area contributed by atoms with E-state index >= 15 is 0 Å². The maximum Gasteiger partial charge on any atom is 0.334 e. The Balaban J connectivity index is 0.000000242. The van der Waals surface area contributed by atoms with Crippen LogP contribution in [0.15, 0.2) is 115 Å². The van der Waals surface area contributed by atoms with Gasteiger partial charge in [0, 0.05) is 130 Å². The predicted octanol–water partition coefficient (Wildman–Crippen LogP) is 4.99. The molecule has 7 fully saturated rings. The molecule has 0 saturated carbocycles. The van der Waals surface area contributed by atoms with Crippen LogP contribution in [0.25, 0.3) is 0 Å². The number of methoxy groups -OCH3 is 3. The summed E-state index contributed by atoms with van der Waals surface area (Å²) in [6.07, 6.45) is -2.87. The van der Waals surface area contributed by atoms with E-state index in [1.165, 1.54) is 81.4 Å². The van der Waals surface area contributed by atoms with Gasteiger partial charge in [0.25, 0.3) is 0 Å². The number of amides is 4. The van der Waals surface area contributed by atoms with E-state index in [9.17, 15) is 73.5 Å². The summed E-state index contributed by atoms with van der Waals surface area (Å²) in [4.78, 5) is 107. The van der Waals surface area contributed by atoms with E-state index in [1.54, 1.807) is 7.05 Å². The van der Waals surface area contributed by atoms with Gasteiger partial charge in [-0.25, -0.2) is 54.5 Å². The summed E-state index contributed by atoms with van der Waals surface area (Å²) in [5.41, 5.74) is 0.877. The molecule has 35 heteroatoms. The number of aliphatic imine (C=N–C) groups is 1. The molecule has 3 radical (unpaired) electrons. The first kappa shape index (κ1) is 84.6. The molecule has 5 N–H and O–H groups in total. The molecule has 24 nitrogen and oxygen atoms in total. The van der Waals surface area contributed by atoms with Gasteiger partial charge in [0.15, 0.2) is 24.3 Å². The van der Waals surface area contributed by atoms with Crippen LogP contribution in [0.1, 0.15) is 55.4 Å². The number of halogens is 8. The molecule has 8 heterocycles. The second-order valence-electron chi connectivity index (χ2n) is 24.2. The van der Waals surface area contributed by atoms with Crippen LogP contribution in [0, 0.1) is 70.2 Å². The van der Waals surface area contributed by atoms with Crippen LogP contribution < -0.4 is 21.7 Å².